The van der Waals surface area contributed by atoms with E-state index in [4.69, 9.17) is 9.26 Å². The average Bonchev–Trinajstić information content (AvgIpc) is 3.11. The van der Waals surface area contributed by atoms with Crippen LogP contribution in [0.3, 0.4) is 0 Å². The molecule has 0 amide bonds. The monoisotopic (exact) mass is 320 g/mol. The average molecular weight is 320 g/mol. The highest BCUT2D eigenvalue weighted by atomic mass is 32.2. The molecule has 0 atom stereocenters. The van der Waals surface area contributed by atoms with Crippen LogP contribution in [0.5, 0.6) is 5.75 Å². The van der Waals surface area contributed by atoms with E-state index in [2.05, 4.69) is 9.88 Å². The number of anilines is 1. The summed E-state index contributed by atoms with van der Waals surface area (Å²) >= 11 is 0. The summed E-state index contributed by atoms with van der Waals surface area (Å²) in [5.41, 5.74) is 1.97. The third kappa shape index (κ3) is 2.25. The molecular weight excluding hydrogens is 304 g/mol. The number of nitrogens with zero attached hydrogens (tertiary/aromatic N) is 1. The van der Waals surface area contributed by atoms with E-state index in [1.165, 1.54) is 0 Å². The summed E-state index contributed by atoms with van der Waals surface area (Å²) in [7, 11) is -3.66. The quantitative estimate of drug-likeness (QED) is 0.936. The first kappa shape index (κ1) is 13.6. The van der Waals surface area contributed by atoms with Gasteiger partial charge in [-0.15, -0.1) is 0 Å². The molecule has 1 aromatic heterocycles. The first-order valence-electron chi connectivity index (χ1n) is 7.29. The Labute approximate surface area is 128 Å². The summed E-state index contributed by atoms with van der Waals surface area (Å²) in [5.74, 6) is 1.69. The Hall–Kier alpha value is -2.02. The van der Waals surface area contributed by atoms with Crippen molar-refractivity contribution < 1.29 is 17.7 Å². The molecule has 2 aliphatic rings. The van der Waals surface area contributed by atoms with Gasteiger partial charge in [0, 0.05) is 12.3 Å². The van der Waals surface area contributed by atoms with Gasteiger partial charge in [-0.3, -0.25) is 4.72 Å². The van der Waals surface area contributed by atoms with Crippen molar-refractivity contribution in [3.8, 4) is 5.75 Å². The number of hydrogen-bond acceptors (Lipinski definition) is 5. The second-order valence-corrected chi connectivity index (χ2v) is 7.44. The predicted molar refractivity (Wildman–Crippen MR) is 79.7 cm³/mol. The van der Waals surface area contributed by atoms with E-state index in [-0.39, 0.29) is 10.8 Å². The minimum atomic E-state index is -3.66. The fraction of sp³-hybridized carbons (Fsp3) is 0.400. The van der Waals surface area contributed by atoms with Crippen LogP contribution in [0.4, 0.5) is 5.69 Å². The molecule has 6 nitrogen and oxygen atoms in total. The number of rotatable bonds is 4. The van der Waals surface area contributed by atoms with Crippen LogP contribution in [-0.2, 0) is 16.4 Å². The number of aromatic nitrogens is 1. The summed E-state index contributed by atoms with van der Waals surface area (Å²) in [4.78, 5) is 0.235. The molecule has 1 aliphatic carbocycles. The van der Waals surface area contributed by atoms with Gasteiger partial charge in [0.2, 0.25) is 0 Å². The molecule has 22 heavy (non-hydrogen) atoms. The van der Waals surface area contributed by atoms with Crippen LogP contribution in [0.25, 0.3) is 0 Å². The Morgan fingerprint density at radius 2 is 2.14 bits per heavy atom. The van der Waals surface area contributed by atoms with Crippen molar-refractivity contribution in [2.75, 3.05) is 11.3 Å². The lowest BCUT2D eigenvalue weighted by Crippen LogP contribution is -2.14. The summed E-state index contributed by atoms with van der Waals surface area (Å²) in [6.07, 6.45) is 2.76. The molecule has 2 aromatic rings. The zero-order valence-corrected chi connectivity index (χ0v) is 12.9. The molecule has 0 bridgehead atoms. The predicted octanol–water partition coefficient (Wildman–Crippen LogP) is 2.60. The highest BCUT2D eigenvalue weighted by Gasteiger charge is 2.33. The number of ether oxygens (including phenoxy) is 1. The Morgan fingerprint density at radius 3 is 2.91 bits per heavy atom. The lowest BCUT2D eigenvalue weighted by molar-refractivity contribution is 0.356. The van der Waals surface area contributed by atoms with Gasteiger partial charge in [0.15, 0.2) is 5.76 Å². The van der Waals surface area contributed by atoms with E-state index >= 15 is 0 Å². The van der Waals surface area contributed by atoms with Crippen LogP contribution in [0, 0.1) is 6.92 Å². The van der Waals surface area contributed by atoms with Gasteiger partial charge in [-0.05, 0) is 43.5 Å². The summed E-state index contributed by atoms with van der Waals surface area (Å²) in [6.45, 7) is 2.34. The standard InChI is InChI=1S/C15H16N2O4S/c1-9-14(15(21-16-9)10-2-3-10)17-22(18,19)12-4-5-13-11(8-12)6-7-20-13/h4-5,8,10,17H,2-3,6-7H2,1H3. The van der Waals surface area contributed by atoms with Crippen molar-refractivity contribution in [2.45, 2.75) is 37.0 Å². The van der Waals surface area contributed by atoms with Crippen LogP contribution >= 0.6 is 0 Å². The number of fused-ring (bicyclic) bond motifs is 1. The second-order valence-electron chi connectivity index (χ2n) is 5.75. The van der Waals surface area contributed by atoms with Gasteiger partial charge in [0.05, 0.1) is 11.5 Å². The number of benzene rings is 1. The number of nitrogens with one attached hydrogen (secondary N) is 1. The SMILES string of the molecule is Cc1noc(C2CC2)c1NS(=O)(=O)c1ccc2c(c1)CCO2. The van der Waals surface area contributed by atoms with Gasteiger partial charge < -0.3 is 9.26 Å². The zero-order chi connectivity index (χ0) is 15.3. The fourth-order valence-corrected chi connectivity index (χ4v) is 3.84. The zero-order valence-electron chi connectivity index (χ0n) is 12.1. The van der Waals surface area contributed by atoms with Crippen molar-refractivity contribution in [3.63, 3.8) is 0 Å². The Bertz CT molecular complexity index is 837. The maximum atomic E-state index is 12.6. The highest BCUT2D eigenvalue weighted by Crippen LogP contribution is 2.44. The topological polar surface area (TPSA) is 81.4 Å². The highest BCUT2D eigenvalue weighted by molar-refractivity contribution is 7.92. The molecule has 1 saturated carbocycles. The Morgan fingerprint density at radius 1 is 1.32 bits per heavy atom. The van der Waals surface area contributed by atoms with E-state index in [1.54, 1.807) is 25.1 Å². The molecule has 1 fully saturated rings. The van der Waals surface area contributed by atoms with Crippen molar-refractivity contribution in [3.05, 3.63) is 35.2 Å². The number of aryl methyl sites for hydroxylation is 1. The van der Waals surface area contributed by atoms with Crippen LogP contribution < -0.4 is 9.46 Å². The van der Waals surface area contributed by atoms with Crippen molar-refractivity contribution in [1.29, 1.82) is 0 Å². The maximum absolute atomic E-state index is 12.6. The molecule has 1 aliphatic heterocycles. The minimum Gasteiger partial charge on any atom is -0.493 e. The Balaban J connectivity index is 1.68. The Kier molecular flexibility index (Phi) is 2.94. The van der Waals surface area contributed by atoms with Gasteiger partial charge in [0.25, 0.3) is 10.0 Å². The van der Waals surface area contributed by atoms with Crippen LogP contribution in [0.1, 0.15) is 35.8 Å². The minimum absolute atomic E-state index is 0.235. The molecule has 0 saturated heterocycles. The summed E-state index contributed by atoms with van der Waals surface area (Å²) in [6, 6.07) is 4.94. The summed E-state index contributed by atoms with van der Waals surface area (Å²) < 4.78 is 38.6. The molecule has 4 rings (SSSR count). The van der Waals surface area contributed by atoms with Crippen molar-refractivity contribution in [1.82, 2.24) is 5.16 Å². The van der Waals surface area contributed by atoms with E-state index < -0.39 is 10.0 Å². The van der Waals surface area contributed by atoms with Crippen LogP contribution in [0.2, 0.25) is 0 Å². The number of hydrogen-bond donors (Lipinski definition) is 1. The summed E-state index contributed by atoms with van der Waals surface area (Å²) in [5, 5.41) is 3.89. The third-order valence-electron chi connectivity index (χ3n) is 4.04. The molecule has 1 N–H and O–H groups in total. The molecular formula is C15H16N2O4S. The lowest BCUT2D eigenvalue weighted by atomic mass is 10.2. The van der Waals surface area contributed by atoms with E-state index in [9.17, 15) is 8.42 Å². The molecule has 0 spiro atoms. The molecule has 0 radical (unpaired) electrons. The molecule has 7 heteroatoms. The fourth-order valence-electron chi connectivity index (χ4n) is 2.66. The van der Waals surface area contributed by atoms with Gasteiger partial charge in [-0.2, -0.15) is 0 Å². The molecule has 1 aromatic carbocycles. The lowest BCUT2D eigenvalue weighted by Gasteiger charge is -2.09. The van der Waals surface area contributed by atoms with Gasteiger partial charge in [0.1, 0.15) is 17.1 Å². The smallest absolute Gasteiger partial charge is 0.262 e. The van der Waals surface area contributed by atoms with Gasteiger partial charge in [-0.1, -0.05) is 5.16 Å². The molecule has 0 unspecified atom stereocenters. The largest absolute Gasteiger partial charge is 0.493 e. The third-order valence-corrected chi connectivity index (χ3v) is 5.39. The van der Waals surface area contributed by atoms with Gasteiger partial charge in [-0.25, -0.2) is 8.42 Å². The van der Waals surface area contributed by atoms with Gasteiger partial charge >= 0.3 is 0 Å². The first-order valence-corrected chi connectivity index (χ1v) is 8.77. The van der Waals surface area contributed by atoms with Crippen LogP contribution in [0.15, 0.2) is 27.6 Å². The number of sulfonamides is 1. The normalized spacial score (nSPS) is 17.1. The second kappa shape index (κ2) is 4.74. The van der Waals surface area contributed by atoms with Crippen molar-refractivity contribution in [2.24, 2.45) is 0 Å². The first-order chi connectivity index (χ1) is 10.5. The molecule has 116 valence electrons. The van der Waals surface area contributed by atoms with Crippen LogP contribution in [-0.4, -0.2) is 20.2 Å². The molecule has 2 heterocycles. The van der Waals surface area contributed by atoms with E-state index in [0.29, 0.717) is 23.7 Å². The van der Waals surface area contributed by atoms with Crippen molar-refractivity contribution >= 4 is 15.7 Å². The van der Waals surface area contributed by atoms with E-state index in [0.717, 1.165) is 30.6 Å². The van der Waals surface area contributed by atoms with E-state index in [1.807, 2.05) is 0 Å². The maximum Gasteiger partial charge on any atom is 0.262 e.